The minimum atomic E-state index is 0.374. The van der Waals surface area contributed by atoms with Crippen molar-refractivity contribution in [2.45, 2.75) is 51.7 Å². The highest BCUT2D eigenvalue weighted by Gasteiger charge is 2.14. The number of nitrogens with zero attached hydrogens (tertiary/aromatic N) is 2. The van der Waals surface area contributed by atoms with Gasteiger partial charge in [-0.15, -0.1) is 0 Å². The van der Waals surface area contributed by atoms with Crippen molar-refractivity contribution in [3.05, 3.63) is 18.0 Å². The molecule has 0 spiro atoms. The number of rotatable bonds is 3. The van der Waals surface area contributed by atoms with Gasteiger partial charge in [0.1, 0.15) is 0 Å². The molecular weight excluding hydrogens is 188 g/mol. The van der Waals surface area contributed by atoms with Crippen LogP contribution in [-0.2, 0) is 11.3 Å². The summed E-state index contributed by atoms with van der Waals surface area (Å²) < 4.78 is 7.71. The van der Waals surface area contributed by atoms with E-state index in [4.69, 9.17) is 4.74 Å². The molecule has 3 nitrogen and oxygen atoms in total. The molecule has 2 heterocycles. The predicted molar refractivity (Wildman–Crippen MR) is 59.9 cm³/mol. The van der Waals surface area contributed by atoms with Crippen LogP contribution in [0.5, 0.6) is 0 Å². The second-order valence-electron chi connectivity index (χ2n) is 4.64. The van der Waals surface area contributed by atoms with Crippen molar-refractivity contribution in [1.82, 2.24) is 9.78 Å². The smallest absolute Gasteiger partial charge is 0.0770 e. The third-order valence-electron chi connectivity index (χ3n) is 2.98. The first-order valence-corrected chi connectivity index (χ1v) is 5.89. The van der Waals surface area contributed by atoms with Crippen LogP contribution in [0.2, 0.25) is 0 Å². The molecule has 0 amide bonds. The van der Waals surface area contributed by atoms with Crippen LogP contribution < -0.4 is 0 Å². The zero-order valence-electron chi connectivity index (χ0n) is 9.65. The summed E-state index contributed by atoms with van der Waals surface area (Å²) in [6, 6.07) is 0. The maximum Gasteiger partial charge on any atom is 0.0770 e. The van der Waals surface area contributed by atoms with Gasteiger partial charge < -0.3 is 4.74 Å². The number of hydrogen-bond acceptors (Lipinski definition) is 2. The van der Waals surface area contributed by atoms with Gasteiger partial charge in [-0.2, -0.15) is 5.10 Å². The molecule has 3 heteroatoms. The van der Waals surface area contributed by atoms with Crippen molar-refractivity contribution >= 4 is 0 Å². The van der Waals surface area contributed by atoms with Gasteiger partial charge in [0.15, 0.2) is 0 Å². The molecule has 0 saturated carbocycles. The van der Waals surface area contributed by atoms with Crippen molar-refractivity contribution in [1.29, 1.82) is 0 Å². The highest BCUT2D eigenvalue weighted by atomic mass is 16.5. The topological polar surface area (TPSA) is 27.1 Å². The summed E-state index contributed by atoms with van der Waals surface area (Å²) in [7, 11) is 0. The van der Waals surface area contributed by atoms with Gasteiger partial charge in [-0.25, -0.2) is 0 Å². The second kappa shape index (κ2) is 4.79. The quantitative estimate of drug-likeness (QED) is 0.763. The number of hydrogen-bond donors (Lipinski definition) is 0. The SMILES string of the molecule is CC(C)c1cnn(C[C@H]2CCCCO2)c1. The molecule has 2 rings (SSSR count). The van der Waals surface area contributed by atoms with Crippen molar-refractivity contribution in [2.75, 3.05) is 6.61 Å². The fraction of sp³-hybridized carbons (Fsp3) is 0.750. The van der Waals surface area contributed by atoms with Crippen LogP contribution in [0.15, 0.2) is 12.4 Å². The molecule has 1 saturated heterocycles. The first-order valence-electron chi connectivity index (χ1n) is 5.89. The van der Waals surface area contributed by atoms with Crippen LogP contribution in [-0.4, -0.2) is 22.5 Å². The Morgan fingerprint density at radius 3 is 3.00 bits per heavy atom. The lowest BCUT2D eigenvalue weighted by molar-refractivity contribution is 0.00398. The van der Waals surface area contributed by atoms with Crippen LogP contribution >= 0.6 is 0 Å². The molecule has 0 aromatic carbocycles. The third kappa shape index (κ3) is 2.81. The number of aromatic nitrogens is 2. The van der Waals surface area contributed by atoms with E-state index in [1.165, 1.54) is 24.8 Å². The van der Waals surface area contributed by atoms with Crippen LogP contribution in [0.3, 0.4) is 0 Å². The Balaban J connectivity index is 1.91. The van der Waals surface area contributed by atoms with E-state index in [2.05, 4.69) is 25.1 Å². The summed E-state index contributed by atoms with van der Waals surface area (Å²) >= 11 is 0. The summed E-state index contributed by atoms with van der Waals surface area (Å²) in [5, 5.41) is 4.37. The Hall–Kier alpha value is -0.830. The van der Waals surface area contributed by atoms with E-state index >= 15 is 0 Å². The van der Waals surface area contributed by atoms with Gasteiger partial charge in [-0.3, -0.25) is 4.68 Å². The van der Waals surface area contributed by atoms with Crippen LogP contribution in [0, 0.1) is 0 Å². The molecule has 1 aromatic heterocycles. The average Bonchev–Trinajstić information content (AvgIpc) is 2.68. The molecule has 0 aliphatic carbocycles. The highest BCUT2D eigenvalue weighted by molar-refractivity contribution is 5.08. The Kier molecular flexibility index (Phi) is 3.41. The zero-order chi connectivity index (χ0) is 10.7. The van der Waals surface area contributed by atoms with Crippen molar-refractivity contribution < 1.29 is 4.74 Å². The largest absolute Gasteiger partial charge is 0.376 e. The van der Waals surface area contributed by atoms with Gasteiger partial charge in [0.2, 0.25) is 0 Å². The summed E-state index contributed by atoms with van der Waals surface area (Å²) in [6.45, 7) is 6.21. The summed E-state index contributed by atoms with van der Waals surface area (Å²) in [6.07, 6.45) is 8.17. The molecule has 1 aliphatic rings. The second-order valence-corrected chi connectivity index (χ2v) is 4.64. The van der Waals surface area contributed by atoms with Crippen molar-refractivity contribution in [3.63, 3.8) is 0 Å². The highest BCUT2D eigenvalue weighted by Crippen LogP contribution is 2.16. The Morgan fingerprint density at radius 1 is 1.53 bits per heavy atom. The standard InChI is InChI=1S/C12H20N2O/c1-10(2)11-7-13-14(8-11)9-12-5-3-4-6-15-12/h7-8,10,12H,3-6,9H2,1-2H3/t12-/m1/s1. The van der Waals surface area contributed by atoms with Gasteiger partial charge in [0, 0.05) is 12.8 Å². The average molecular weight is 208 g/mol. The van der Waals surface area contributed by atoms with E-state index in [1.54, 1.807) is 0 Å². The van der Waals surface area contributed by atoms with Gasteiger partial charge in [-0.1, -0.05) is 13.8 Å². The fourth-order valence-electron chi connectivity index (χ4n) is 1.94. The summed E-state index contributed by atoms with van der Waals surface area (Å²) in [5.74, 6) is 0.561. The Morgan fingerprint density at radius 2 is 2.40 bits per heavy atom. The summed E-state index contributed by atoms with van der Waals surface area (Å²) in [4.78, 5) is 0. The first kappa shape index (κ1) is 10.7. The van der Waals surface area contributed by atoms with Gasteiger partial charge in [0.25, 0.3) is 0 Å². The Bertz CT molecular complexity index is 300. The van der Waals surface area contributed by atoms with E-state index in [0.29, 0.717) is 12.0 Å². The Labute approximate surface area is 91.4 Å². The molecule has 1 atom stereocenters. The molecule has 0 bridgehead atoms. The normalized spacial score (nSPS) is 22.2. The minimum Gasteiger partial charge on any atom is -0.376 e. The molecule has 1 fully saturated rings. The predicted octanol–water partition coefficient (Wildman–Crippen LogP) is 2.58. The van der Waals surface area contributed by atoms with E-state index in [9.17, 15) is 0 Å². The molecular formula is C12H20N2O. The fourth-order valence-corrected chi connectivity index (χ4v) is 1.94. The maximum absolute atomic E-state index is 5.69. The molecule has 0 unspecified atom stereocenters. The van der Waals surface area contributed by atoms with Gasteiger partial charge in [-0.05, 0) is 30.7 Å². The van der Waals surface area contributed by atoms with Gasteiger partial charge >= 0.3 is 0 Å². The lowest BCUT2D eigenvalue weighted by atomic mass is 10.1. The van der Waals surface area contributed by atoms with Crippen LogP contribution in [0.4, 0.5) is 0 Å². The van der Waals surface area contributed by atoms with E-state index in [0.717, 1.165) is 13.2 Å². The van der Waals surface area contributed by atoms with E-state index < -0.39 is 0 Å². The molecule has 84 valence electrons. The van der Waals surface area contributed by atoms with Gasteiger partial charge in [0.05, 0.1) is 18.8 Å². The minimum absolute atomic E-state index is 0.374. The molecule has 1 aliphatic heterocycles. The van der Waals surface area contributed by atoms with Crippen molar-refractivity contribution in [2.24, 2.45) is 0 Å². The monoisotopic (exact) mass is 208 g/mol. The first-order chi connectivity index (χ1) is 7.25. The number of ether oxygens (including phenoxy) is 1. The molecule has 0 radical (unpaired) electrons. The van der Waals surface area contributed by atoms with Crippen LogP contribution in [0.1, 0.15) is 44.6 Å². The van der Waals surface area contributed by atoms with Crippen LogP contribution in [0.25, 0.3) is 0 Å². The van der Waals surface area contributed by atoms with E-state index in [1.807, 2.05) is 10.9 Å². The summed E-state index contributed by atoms with van der Waals surface area (Å²) in [5.41, 5.74) is 1.31. The molecule has 1 aromatic rings. The maximum atomic E-state index is 5.69. The molecule has 15 heavy (non-hydrogen) atoms. The molecule has 0 N–H and O–H groups in total. The lowest BCUT2D eigenvalue weighted by Crippen LogP contribution is -2.24. The lowest BCUT2D eigenvalue weighted by Gasteiger charge is -2.22. The van der Waals surface area contributed by atoms with E-state index in [-0.39, 0.29) is 0 Å². The third-order valence-corrected chi connectivity index (χ3v) is 2.98. The van der Waals surface area contributed by atoms with Crippen molar-refractivity contribution in [3.8, 4) is 0 Å². The zero-order valence-corrected chi connectivity index (χ0v) is 9.65.